The highest BCUT2D eigenvalue weighted by Gasteiger charge is 2.10. The Labute approximate surface area is 126 Å². The fourth-order valence-electron chi connectivity index (χ4n) is 1.93. The minimum absolute atomic E-state index is 0.216. The maximum atomic E-state index is 5.92. The first-order valence-electron chi connectivity index (χ1n) is 5.93. The molecule has 0 aliphatic rings. The minimum atomic E-state index is 0.216. The number of halogens is 2. The van der Waals surface area contributed by atoms with Gasteiger partial charge in [0.1, 0.15) is 0 Å². The summed E-state index contributed by atoms with van der Waals surface area (Å²) in [5.41, 5.74) is 3.60. The van der Waals surface area contributed by atoms with E-state index in [-0.39, 0.29) is 5.28 Å². The van der Waals surface area contributed by atoms with Crippen molar-refractivity contribution in [2.24, 2.45) is 0 Å². The lowest BCUT2D eigenvalue weighted by molar-refractivity contribution is 1.17. The van der Waals surface area contributed by atoms with Gasteiger partial charge in [-0.3, -0.25) is 4.98 Å². The molecule has 0 saturated heterocycles. The monoisotopic (exact) mass is 301 g/mol. The number of benzene rings is 1. The topological polar surface area (TPSA) is 38.7 Å². The highest BCUT2D eigenvalue weighted by molar-refractivity contribution is 6.30. The third-order valence-corrected chi connectivity index (χ3v) is 3.30. The maximum absolute atomic E-state index is 5.92. The Morgan fingerprint density at radius 3 is 2.20 bits per heavy atom. The lowest BCUT2D eigenvalue weighted by Gasteiger charge is -2.09. The first kappa shape index (κ1) is 13.0. The molecule has 2 aromatic heterocycles. The molecule has 3 aromatic rings. The van der Waals surface area contributed by atoms with Crippen LogP contribution in [0.25, 0.3) is 22.4 Å². The summed E-state index contributed by atoms with van der Waals surface area (Å²) in [6, 6.07) is 11.3. The zero-order valence-electron chi connectivity index (χ0n) is 10.3. The van der Waals surface area contributed by atoms with Crippen LogP contribution in [0, 0.1) is 0 Å². The van der Waals surface area contributed by atoms with E-state index in [2.05, 4.69) is 15.0 Å². The molecule has 20 heavy (non-hydrogen) atoms. The molecule has 0 amide bonds. The molecule has 0 unspecified atom stereocenters. The second-order valence-electron chi connectivity index (χ2n) is 4.14. The van der Waals surface area contributed by atoms with E-state index < -0.39 is 0 Å². The predicted octanol–water partition coefficient (Wildman–Crippen LogP) is 4.51. The van der Waals surface area contributed by atoms with Crippen LogP contribution in [0.3, 0.4) is 0 Å². The van der Waals surface area contributed by atoms with E-state index >= 15 is 0 Å². The lowest BCUT2D eigenvalue weighted by atomic mass is 10.0. The molecule has 0 fully saturated rings. The fraction of sp³-hybridized carbons (Fsp3) is 0. The summed E-state index contributed by atoms with van der Waals surface area (Å²) in [4.78, 5) is 12.4. The predicted molar refractivity (Wildman–Crippen MR) is 80.7 cm³/mol. The van der Waals surface area contributed by atoms with Crippen molar-refractivity contribution < 1.29 is 0 Å². The fourth-order valence-corrected chi connectivity index (χ4v) is 2.19. The summed E-state index contributed by atoms with van der Waals surface area (Å²) < 4.78 is 0. The van der Waals surface area contributed by atoms with Gasteiger partial charge in [0, 0.05) is 34.7 Å². The number of hydrogen-bond donors (Lipinski definition) is 0. The SMILES string of the molecule is Clc1ccc(-c2nc(Cl)ncc2-c2ccncc2)cc1. The zero-order chi connectivity index (χ0) is 13.9. The van der Waals surface area contributed by atoms with Gasteiger partial charge in [0.15, 0.2) is 0 Å². The van der Waals surface area contributed by atoms with Crippen molar-refractivity contribution in [3.63, 3.8) is 0 Å². The second-order valence-corrected chi connectivity index (χ2v) is 4.92. The zero-order valence-corrected chi connectivity index (χ0v) is 11.8. The largest absolute Gasteiger partial charge is 0.265 e. The van der Waals surface area contributed by atoms with Crippen molar-refractivity contribution in [1.82, 2.24) is 15.0 Å². The van der Waals surface area contributed by atoms with E-state index in [4.69, 9.17) is 23.2 Å². The van der Waals surface area contributed by atoms with Crippen LogP contribution in [-0.4, -0.2) is 15.0 Å². The Kier molecular flexibility index (Phi) is 3.63. The maximum Gasteiger partial charge on any atom is 0.222 e. The molecule has 0 N–H and O–H groups in total. The van der Waals surface area contributed by atoms with Crippen molar-refractivity contribution >= 4 is 23.2 Å². The molecule has 98 valence electrons. The van der Waals surface area contributed by atoms with Crippen molar-refractivity contribution in [3.8, 4) is 22.4 Å². The molecule has 0 radical (unpaired) electrons. The van der Waals surface area contributed by atoms with Gasteiger partial charge in [-0.25, -0.2) is 9.97 Å². The van der Waals surface area contributed by atoms with Gasteiger partial charge in [0.25, 0.3) is 0 Å². The van der Waals surface area contributed by atoms with Gasteiger partial charge in [-0.1, -0.05) is 23.7 Å². The third kappa shape index (κ3) is 2.64. The van der Waals surface area contributed by atoms with Crippen molar-refractivity contribution in [1.29, 1.82) is 0 Å². The molecule has 0 aliphatic heterocycles. The molecule has 0 spiro atoms. The summed E-state index contributed by atoms with van der Waals surface area (Å²) in [5, 5.41) is 0.895. The molecule has 1 aromatic carbocycles. The van der Waals surface area contributed by atoms with E-state index in [0.29, 0.717) is 5.02 Å². The van der Waals surface area contributed by atoms with Crippen LogP contribution < -0.4 is 0 Å². The minimum Gasteiger partial charge on any atom is -0.265 e. The van der Waals surface area contributed by atoms with E-state index in [1.807, 2.05) is 36.4 Å². The Hall–Kier alpha value is -1.97. The van der Waals surface area contributed by atoms with Crippen LogP contribution in [0.4, 0.5) is 0 Å². The summed E-state index contributed by atoms with van der Waals surface area (Å²) in [6.07, 6.45) is 5.18. The Morgan fingerprint density at radius 1 is 0.800 bits per heavy atom. The van der Waals surface area contributed by atoms with Gasteiger partial charge >= 0.3 is 0 Å². The number of hydrogen-bond acceptors (Lipinski definition) is 3. The first-order chi connectivity index (χ1) is 9.74. The van der Waals surface area contributed by atoms with Crippen LogP contribution in [0.1, 0.15) is 0 Å². The van der Waals surface area contributed by atoms with Crippen LogP contribution in [0.15, 0.2) is 55.0 Å². The molecule has 5 heteroatoms. The normalized spacial score (nSPS) is 10.5. The smallest absolute Gasteiger partial charge is 0.222 e. The first-order valence-corrected chi connectivity index (χ1v) is 6.68. The molecular weight excluding hydrogens is 293 g/mol. The summed E-state index contributed by atoms with van der Waals surface area (Å²) >= 11 is 11.8. The van der Waals surface area contributed by atoms with Crippen molar-refractivity contribution in [2.75, 3.05) is 0 Å². The van der Waals surface area contributed by atoms with E-state index in [1.54, 1.807) is 18.6 Å². The highest BCUT2D eigenvalue weighted by atomic mass is 35.5. The van der Waals surface area contributed by atoms with Crippen LogP contribution >= 0.6 is 23.2 Å². The third-order valence-electron chi connectivity index (χ3n) is 2.87. The Bertz CT molecular complexity index is 728. The highest BCUT2D eigenvalue weighted by Crippen LogP contribution is 2.30. The summed E-state index contributed by atoms with van der Waals surface area (Å²) in [7, 11) is 0. The van der Waals surface area contributed by atoms with Gasteiger partial charge in [-0.2, -0.15) is 0 Å². The molecule has 0 aliphatic carbocycles. The van der Waals surface area contributed by atoms with E-state index in [1.165, 1.54) is 0 Å². The molecule has 0 bridgehead atoms. The molecule has 2 heterocycles. The average molecular weight is 302 g/mol. The molecule has 0 saturated carbocycles. The molecule has 3 rings (SSSR count). The molecule has 0 atom stereocenters. The van der Waals surface area contributed by atoms with Crippen LogP contribution in [-0.2, 0) is 0 Å². The van der Waals surface area contributed by atoms with E-state index in [9.17, 15) is 0 Å². The number of rotatable bonds is 2. The van der Waals surface area contributed by atoms with Gasteiger partial charge in [-0.15, -0.1) is 0 Å². The van der Waals surface area contributed by atoms with Gasteiger partial charge in [0.05, 0.1) is 5.69 Å². The number of aromatic nitrogens is 3. The van der Waals surface area contributed by atoms with Gasteiger partial charge in [0.2, 0.25) is 5.28 Å². The average Bonchev–Trinajstić information content (AvgIpc) is 2.49. The van der Waals surface area contributed by atoms with Crippen molar-refractivity contribution in [2.45, 2.75) is 0 Å². The second kappa shape index (κ2) is 5.57. The summed E-state index contributed by atoms with van der Waals surface area (Å²) in [5.74, 6) is 0. The number of pyridine rings is 1. The van der Waals surface area contributed by atoms with Gasteiger partial charge in [-0.05, 0) is 41.4 Å². The van der Waals surface area contributed by atoms with Gasteiger partial charge < -0.3 is 0 Å². The number of nitrogens with zero attached hydrogens (tertiary/aromatic N) is 3. The summed E-state index contributed by atoms with van der Waals surface area (Å²) in [6.45, 7) is 0. The van der Waals surface area contributed by atoms with Crippen LogP contribution in [0.2, 0.25) is 10.3 Å². The van der Waals surface area contributed by atoms with Crippen molar-refractivity contribution in [3.05, 3.63) is 65.3 Å². The lowest BCUT2D eigenvalue weighted by Crippen LogP contribution is -1.92. The Balaban J connectivity index is 2.19. The standard InChI is InChI=1S/C15H9Cl2N3/c16-12-3-1-11(2-4-12)14-13(9-19-15(17)20-14)10-5-7-18-8-6-10/h1-9H. The van der Waals surface area contributed by atoms with E-state index in [0.717, 1.165) is 22.4 Å². The molecule has 3 nitrogen and oxygen atoms in total. The Morgan fingerprint density at radius 2 is 1.50 bits per heavy atom. The van der Waals surface area contributed by atoms with Crippen LogP contribution in [0.5, 0.6) is 0 Å². The molecular formula is C15H9Cl2N3. The quantitative estimate of drug-likeness (QED) is 0.654.